The lowest BCUT2D eigenvalue weighted by Crippen LogP contribution is -2.56. The fourth-order valence-corrected chi connectivity index (χ4v) is 3.80. The van der Waals surface area contributed by atoms with Gasteiger partial charge in [-0.2, -0.15) is 0 Å². The number of aryl methyl sites for hydroxylation is 1. The van der Waals surface area contributed by atoms with E-state index in [1.165, 1.54) is 4.90 Å². The van der Waals surface area contributed by atoms with Gasteiger partial charge in [0.2, 0.25) is 11.8 Å². The number of para-hydroxylation sites is 1. The summed E-state index contributed by atoms with van der Waals surface area (Å²) >= 11 is 0. The van der Waals surface area contributed by atoms with Crippen LogP contribution in [0.2, 0.25) is 0 Å². The third kappa shape index (κ3) is 9.07. The molecule has 1 rings (SSSR count). The lowest BCUT2D eigenvalue weighted by molar-refractivity contribution is -0.145. The minimum absolute atomic E-state index is 0.0296. The smallest absolute Gasteiger partial charge is 0.408 e. The van der Waals surface area contributed by atoms with E-state index in [9.17, 15) is 19.5 Å². The average Bonchev–Trinajstić information content (AvgIpc) is 2.70. The minimum Gasteiger partial charge on any atom is -0.507 e. The maximum Gasteiger partial charge on any atom is 0.408 e. The van der Waals surface area contributed by atoms with Crippen LogP contribution in [0.25, 0.3) is 0 Å². The Bertz CT molecular complexity index is 876. The molecule has 0 saturated carbocycles. The molecular formula is C27H45N3O5. The number of carbonyl (C=O) groups is 3. The molecule has 0 heterocycles. The summed E-state index contributed by atoms with van der Waals surface area (Å²) in [6.45, 7) is 18.4. The van der Waals surface area contributed by atoms with Crippen LogP contribution in [0.3, 0.4) is 0 Å². The summed E-state index contributed by atoms with van der Waals surface area (Å²) in [6.07, 6.45) is 0.246. The zero-order chi connectivity index (χ0) is 27.1. The number of phenols is 1. The van der Waals surface area contributed by atoms with Gasteiger partial charge in [0.05, 0.1) is 0 Å². The standard InChI is InChI=1S/C27H45N3O5/c1-11-19(7)30(25(33)21(15-16(2)3)29-26(34)35-27(8,9)10)22(24(32)28-17(4)5)20-14-12-13-18(6)23(20)31/h12-14,16-17,19,21-22,31H,11,15H2,1-10H3,(H,28,32)(H,29,34). The van der Waals surface area contributed by atoms with Crippen LogP contribution in [-0.2, 0) is 14.3 Å². The van der Waals surface area contributed by atoms with Gasteiger partial charge in [0, 0.05) is 17.6 Å². The molecule has 3 atom stereocenters. The number of nitrogens with one attached hydrogen (secondary N) is 2. The van der Waals surface area contributed by atoms with Gasteiger partial charge in [-0.1, -0.05) is 39.0 Å². The highest BCUT2D eigenvalue weighted by atomic mass is 16.6. The van der Waals surface area contributed by atoms with E-state index < -0.39 is 35.6 Å². The number of benzene rings is 1. The number of ether oxygens (including phenoxy) is 1. The number of hydrogen-bond acceptors (Lipinski definition) is 5. The van der Waals surface area contributed by atoms with Crippen molar-refractivity contribution >= 4 is 17.9 Å². The molecule has 0 aliphatic carbocycles. The molecule has 1 aromatic carbocycles. The highest BCUT2D eigenvalue weighted by Gasteiger charge is 2.40. The predicted octanol–water partition coefficient (Wildman–Crippen LogP) is 4.83. The first kappa shape index (κ1) is 30.3. The molecule has 35 heavy (non-hydrogen) atoms. The van der Waals surface area contributed by atoms with Crippen LogP contribution in [-0.4, -0.2) is 51.6 Å². The number of amides is 3. The zero-order valence-electron chi connectivity index (χ0n) is 23.1. The van der Waals surface area contributed by atoms with Gasteiger partial charge >= 0.3 is 6.09 Å². The van der Waals surface area contributed by atoms with Crippen molar-refractivity contribution in [3.05, 3.63) is 29.3 Å². The number of phenolic OH excluding ortho intramolecular Hbond substituents is 1. The van der Waals surface area contributed by atoms with Crippen LogP contribution in [0.4, 0.5) is 4.79 Å². The normalized spacial score (nSPS) is 14.3. The van der Waals surface area contributed by atoms with E-state index in [-0.39, 0.29) is 23.8 Å². The van der Waals surface area contributed by atoms with Gasteiger partial charge in [0.25, 0.3) is 0 Å². The quantitative estimate of drug-likeness (QED) is 0.434. The molecule has 0 radical (unpaired) electrons. The Morgan fingerprint density at radius 2 is 1.66 bits per heavy atom. The summed E-state index contributed by atoms with van der Waals surface area (Å²) in [6, 6.07) is 2.67. The van der Waals surface area contributed by atoms with Gasteiger partial charge in [-0.3, -0.25) is 9.59 Å². The fraction of sp³-hybridized carbons (Fsp3) is 0.667. The first-order valence-corrected chi connectivity index (χ1v) is 12.5. The first-order chi connectivity index (χ1) is 16.1. The molecular weight excluding hydrogens is 446 g/mol. The van der Waals surface area contributed by atoms with E-state index >= 15 is 0 Å². The van der Waals surface area contributed by atoms with Gasteiger partial charge in [-0.15, -0.1) is 0 Å². The molecule has 0 aliphatic heterocycles. The van der Waals surface area contributed by atoms with Crippen LogP contribution in [0, 0.1) is 12.8 Å². The van der Waals surface area contributed by atoms with Crippen molar-refractivity contribution in [2.45, 2.75) is 112 Å². The van der Waals surface area contributed by atoms with Gasteiger partial charge < -0.3 is 25.4 Å². The molecule has 0 bridgehead atoms. The van der Waals surface area contributed by atoms with Crippen molar-refractivity contribution in [3.8, 4) is 5.75 Å². The van der Waals surface area contributed by atoms with Crippen LogP contribution < -0.4 is 10.6 Å². The molecule has 1 aromatic rings. The van der Waals surface area contributed by atoms with Gasteiger partial charge in [-0.05, 0) is 72.8 Å². The van der Waals surface area contributed by atoms with E-state index in [0.717, 1.165) is 0 Å². The van der Waals surface area contributed by atoms with Crippen molar-refractivity contribution in [3.63, 3.8) is 0 Å². The molecule has 0 fully saturated rings. The lowest BCUT2D eigenvalue weighted by Gasteiger charge is -2.39. The summed E-state index contributed by atoms with van der Waals surface area (Å²) in [7, 11) is 0. The highest BCUT2D eigenvalue weighted by molar-refractivity contribution is 5.93. The van der Waals surface area contributed by atoms with E-state index in [1.54, 1.807) is 45.9 Å². The molecule has 0 spiro atoms. The second-order valence-electron chi connectivity index (χ2n) is 10.9. The third-order valence-electron chi connectivity index (χ3n) is 5.54. The molecule has 0 aliphatic rings. The monoisotopic (exact) mass is 491 g/mol. The Hall–Kier alpha value is -2.77. The SMILES string of the molecule is CCC(C)N(C(=O)C(CC(C)C)NC(=O)OC(C)(C)C)C(C(=O)NC(C)C)c1cccc(C)c1O. The molecule has 8 heteroatoms. The van der Waals surface area contributed by atoms with Crippen molar-refractivity contribution < 1.29 is 24.2 Å². The topological polar surface area (TPSA) is 108 Å². The Labute approximate surface area is 210 Å². The van der Waals surface area contributed by atoms with Crippen molar-refractivity contribution in [2.24, 2.45) is 5.92 Å². The van der Waals surface area contributed by atoms with Crippen LogP contribution in [0.15, 0.2) is 18.2 Å². The third-order valence-corrected chi connectivity index (χ3v) is 5.54. The molecule has 0 saturated heterocycles. The van der Waals surface area contributed by atoms with Crippen molar-refractivity contribution in [1.82, 2.24) is 15.5 Å². The molecule has 3 unspecified atom stereocenters. The number of carbonyl (C=O) groups excluding carboxylic acids is 3. The number of nitrogens with zero attached hydrogens (tertiary/aromatic N) is 1. The summed E-state index contributed by atoms with van der Waals surface area (Å²) in [5.74, 6) is -0.732. The van der Waals surface area contributed by atoms with Crippen molar-refractivity contribution in [1.29, 1.82) is 0 Å². The molecule has 0 aromatic heterocycles. The number of rotatable bonds is 10. The summed E-state index contributed by atoms with van der Waals surface area (Å²) in [5.41, 5.74) is 0.225. The van der Waals surface area contributed by atoms with Gasteiger partial charge in [0.1, 0.15) is 23.4 Å². The molecule has 3 N–H and O–H groups in total. The van der Waals surface area contributed by atoms with Gasteiger partial charge in [-0.25, -0.2) is 4.79 Å². The molecule has 198 valence electrons. The number of alkyl carbamates (subject to hydrolysis) is 1. The largest absolute Gasteiger partial charge is 0.507 e. The van der Waals surface area contributed by atoms with E-state index in [2.05, 4.69) is 10.6 Å². The Balaban J connectivity index is 3.61. The van der Waals surface area contributed by atoms with Gasteiger partial charge in [0.15, 0.2) is 0 Å². The average molecular weight is 492 g/mol. The predicted molar refractivity (Wildman–Crippen MR) is 138 cm³/mol. The summed E-state index contributed by atoms with van der Waals surface area (Å²) in [5, 5.41) is 16.5. The lowest BCUT2D eigenvalue weighted by atomic mass is 9.95. The number of hydrogen-bond donors (Lipinski definition) is 3. The molecule has 3 amide bonds. The minimum atomic E-state index is -1.07. The summed E-state index contributed by atoms with van der Waals surface area (Å²) in [4.78, 5) is 41.7. The maximum atomic E-state index is 14.1. The zero-order valence-corrected chi connectivity index (χ0v) is 23.1. The maximum absolute atomic E-state index is 14.1. The highest BCUT2D eigenvalue weighted by Crippen LogP contribution is 2.34. The Morgan fingerprint density at radius 1 is 1.06 bits per heavy atom. The van der Waals surface area contributed by atoms with Crippen LogP contribution >= 0.6 is 0 Å². The summed E-state index contributed by atoms with van der Waals surface area (Å²) < 4.78 is 5.41. The van der Waals surface area contributed by atoms with Crippen molar-refractivity contribution in [2.75, 3.05) is 0 Å². The second kappa shape index (κ2) is 12.8. The fourth-order valence-electron chi connectivity index (χ4n) is 3.80. The number of aromatic hydroxyl groups is 1. The molecule has 8 nitrogen and oxygen atoms in total. The van der Waals surface area contributed by atoms with Crippen LogP contribution in [0.1, 0.15) is 92.3 Å². The van der Waals surface area contributed by atoms with Crippen LogP contribution in [0.5, 0.6) is 5.75 Å². The van der Waals surface area contributed by atoms with E-state index in [0.29, 0.717) is 24.0 Å². The van der Waals surface area contributed by atoms with E-state index in [4.69, 9.17) is 4.74 Å². The van der Waals surface area contributed by atoms with E-state index in [1.807, 2.05) is 41.5 Å². The second-order valence-corrected chi connectivity index (χ2v) is 10.9. The Kier molecular flexibility index (Phi) is 11.1. The Morgan fingerprint density at radius 3 is 2.14 bits per heavy atom. The first-order valence-electron chi connectivity index (χ1n) is 12.5.